The topological polar surface area (TPSA) is 81.2 Å². The molecule has 0 N–H and O–H groups in total. The highest BCUT2D eigenvalue weighted by Gasteiger charge is 2.40. The van der Waals surface area contributed by atoms with Crippen LogP contribution in [0.3, 0.4) is 0 Å². The number of fused-ring (bicyclic) bond motifs is 1. The van der Waals surface area contributed by atoms with E-state index in [9.17, 15) is 18.0 Å². The Hall–Kier alpha value is -2.91. The lowest BCUT2D eigenvalue weighted by Gasteiger charge is -2.39. The maximum absolute atomic E-state index is 13.5. The van der Waals surface area contributed by atoms with E-state index >= 15 is 0 Å². The van der Waals surface area contributed by atoms with E-state index < -0.39 is 10.0 Å². The predicted molar refractivity (Wildman–Crippen MR) is 156 cm³/mol. The summed E-state index contributed by atoms with van der Waals surface area (Å²) in [7, 11) is -3.66. The molecule has 3 fully saturated rings. The molecule has 1 aliphatic carbocycles. The van der Waals surface area contributed by atoms with Gasteiger partial charge in [-0.15, -0.1) is 0 Å². The lowest BCUT2D eigenvalue weighted by Crippen LogP contribution is -2.52. The van der Waals surface area contributed by atoms with E-state index in [0.717, 1.165) is 37.2 Å². The van der Waals surface area contributed by atoms with E-state index in [-0.39, 0.29) is 34.6 Å². The Labute approximate surface area is 238 Å². The Morgan fingerprint density at radius 2 is 1.45 bits per heavy atom. The third-order valence-corrected chi connectivity index (χ3v) is 11.1. The molecule has 4 aliphatic rings. The van der Waals surface area contributed by atoms with E-state index in [4.69, 9.17) is 0 Å². The second-order valence-electron chi connectivity index (χ2n) is 12.1. The highest BCUT2D eigenvalue weighted by atomic mass is 32.2. The molecule has 2 aromatic rings. The SMILES string of the molecule is Cc1ccc(C)c(N2CCN(C(=O)C3CCN(S(=O)(=O)c4ccc5c(c4)C[C@@H](C)N5C(=O)C4CC4)CC3)CC2)c1. The van der Waals surface area contributed by atoms with Gasteiger partial charge in [0, 0.05) is 68.5 Å². The third kappa shape index (κ3) is 5.02. The van der Waals surface area contributed by atoms with E-state index in [1.165, 1.54) is 21.1 Å². The minimum absolute atomic E-state index is 0.0468. The van der Waals surface area contributed by atoms with Crippen molar-refractivity contribution in [2.75, 3.05) is 49.1 Å². The molecule has 9 heteroatoms. The van der Waals surface area contributed by atoms with Crippen LogP contribution in [0, 0.1) is 25.7 Å². The van der Waals surface area contributed by atoms with Crippen molar-refractivity contribution in [3.63, 3.8) is 0 Å². The summed E-state index contributed by atoms with van der Waals surface area (Å²) >= 11 is 0. The lowest BCUT2D eigenvalue weighted by atomic mass is 9.96. The third-order valence-electron chi connectivity index (χ3n) is 9.17. The summed E-state index contributed by atoms with van der Waals surface area (Å²) in [5.74, 6) is 0.313. The van der Waals surface area contributed by atoms with Crippen LogP contribution in [0.1, 0.15) is 49.3 Å². The molecule has 0 unspecified atom stereocenters. The molecule has 40 heavy (non-hydrogen) atoms. The quantitative estimate of drug-likeness (QED) is 0.553. The first-order valence-electron chi connectivity index (χ1n) is 14.7. The van der Waals surface area contributed by atoms with Gasteiger partial charge in [-0.05, 0) is 93.8 Å². The van der Waals surface area contributed by atoms with Crippen LogP contribution in [-0.2, 0) is 26.0 Å². The van der Waals surface area contributed by atoms with Gasteiger partial charge in [0.15, 0.2) is 0 Å². The molecule has 6 rings (SSSR count). The Morgan fingerprint density at radius 1 is 0.775 bits per heavy atom. The molecule has 3 heterocycles. The number of carbonyl (C=O) groups is 2. The number of rotatable bonds is 5. The fourth-order valence-electron chi connectivity index (χ4n) is 6.61. The summed E-state index contributed by atoms with van der Waals surface area (Å²) in [6.45, 7) is 9.96. The van der Waals surface area contributed by atoms with Crippen molar-refractivity contribution in [1.29, 1.82) is 0 Å². The highest BCUT2D eigenvalue weighted by molar-refractivity contribution is 7.89. The number of sulfonamides is 1. The number of hydrogen-bond acceptors (Lipinski definition) is 5. The molecule has 0 bridgehead atoms. The van der Waals surface area contributed by atoms with Crippen LogP contribution in [0.4, 0.5) is 11.4 Å². The fraction of sp³-hybridized carbons (Fsp3) is 0.548. The summed E-state index contributed by atoms with van der Waals surface area (Å²) in [6, 6.07) is 11.7. The van der Waals surface area contributed by atoms with E-state index in [2.05, 4.69) is 36.9 Å². The van der Waals surface area contributed by atoms with Gasteiger partial charge in [0.2, 0.25) is 21.8 Å². The van der Waals surface area contributed by atoms with Crippen LogP contribution in [0.2, 0.25) is 0 Å². The largest absolute Gasteiger partial charge is 0.368 e. The van der Waals surface area contributed by atoms with E-state index in [0.29, 0.717) is 45.4 Å². The Balaban J connectivity index is 1.06. The average Bonchev–Trinajstić information content (AvgIpc) is 3.75. The second kappa shape index (κ2) is 10.5. The van der Waals surface area contributed by atoms with Crippen LogP contribution in [-0.4, -0.2) is 74.7 Å². The van der Waals surface area contributed by atoms with Crippen molar-refractivity contribution < 1.29 is 18.0 Å². The summed E-state index contributed by atoms with van der Waals surface area (Å²) in [4.78, 5) is 32.6. The van der Waals surface area contributed by atoms with Gasteiger partial charge in [0.1, 0.15) is 0 Å². The normalized spacial score (nSPS) is 22.5. The summed E-state index contributed by atoms with van der Waals surface area (Å²) < 4.78 is 28.6. The molecule has 0 aromatic heterocycles. The van der Waals surface area contributed by atoms with Crippen molar-refractivity contribution in [3.05, 3.63) is 53.1 Å². The smallest absolute Gasteiger partial charge is 0.243 e. The van der Waals surface area contributed by atoms with Crippen molar-refractivity contribution in [2.24, 2.45) is 11.8 Å². The number of benzene rings is 2. The molecule has 2 amide bonds. The van der Waals surface area contributed by atoms with Crippen LogP contribution in [0.5, 0.6) is 0 Å². The molecule has 214 valence electrons. The molecule has 3 aliphatic heterocycles. The number of aryl methyl sites for hydroxylation is 2. The molecule has 1 atom stereocenters. The minimum atomic E-state index is -3.66. The number of carbonyl (C=O) groups excluding carboxylic acids is 2. The predicted octanol–water partition coefficient (Wildman–Crippen LogP) is 3.74. The number of hydrogen-bond donors (Lipinski definition) is 0. The molecule has 1 saturated carbocycles. The molecular formula is C31H40N4O4S. The standard InChI is InChI=1S/C31H40N4O4S/c1-21-4-5-22(2)29(18-21)32-14-16-33(17-15-32)30(36)25-10-12-34(13-11-25)40(38,39)27-8-9-28-26(20-27)19-23(3)35(28)31(37)24-6-7-24/h4-5,8-9,18,20,23-25H,6-7,10-17,19H2,1-3H3/t23-/m1/s1. The average molecular weight is 565 g/mol. The van der Waals surface area contributed by atoms with Gasteiger partial charge in [0.05, 0.1) is 4.90 Å². The van der Waals surface area contributed by atoms with Gasteiger partial charge in [-0.25, -0.2) is 8.42 Å². The number of piperazine rings is 1. The molecular weight excluding hydrogens is 524 g/mol. The second-order valence-corrected chi connectivity index (χ2v) is 14.0. The lowest BCUT2D eigenvalue weighted by molar-refractivity contribution is -0.137. The van der Waals surface area contributed by atoms with Gasteiger partial charge in [-0.1, -0.05) is 12.1 Å². The van der Waals surface area contributed by atoms with Crippen LogP contribution >= 0.6 is 0 Å². The van der Waals surface area contributed by atoms with Gasteiger partial charge >= 0.3 is 0 Å². The Kier molecular flexibility index (Phi) is 7.15. The van der Waals surface area contributed by atoms with E-state index in [1.807, 2.05) is 16.7 Å². The maximum atomic E-state index is 13.5. The Morgan fingerprint density at radius 3 is 2.12 bits per heavy atom. The summed E-state index contributed by atoms with van der Waals surface area (Å²) in [5, 5.41) is 0. The summed E-state index contributed by atoms with van der Waals surface area (Å²) in [5.41, 5.74) is 5.51. The van der Waals surface area contributed by atoms with Crippen molar-refractivity contribution in [1.82, 2.24) is 9.21 Å². The Bertz CT molecular complexity index is 1420. The molecule has 8 nitrogen and oxygen atoms in total. The fourth-order valence-corrected chi connectivity index (χ4v) is 8.13. The molecule has 0 radical (unpaired) electrons. The number of anilines is 2. The zero-order valence-corrected chi connectivity index (χ0v) is 24.6. The number of piperidine rings is 1. The van der Waals surface area contributed by atoms with Crippen LogP contribution in [0.15, 0.2) is 41.3 Å². The zero-order chi connectivity index (χ0) is 28.2. The van der Waals surface area contributed by atoms with E-state index in [1.54, 1.807) is 18.2 Å². The van der Waals surface area contributed by atoms with Gasteiger partial charge in [-0.3, -0.25) is 9.59 Å². The van der Waals surface area contributed by atoms with Gasteiger partial charge in [0.25, 0.3) is 0 Å². The minimum Gasteiger partial charge on any atom is -0.368 e. The first-order valence-corrected chi connectivity index (χ1v) is 16.1. The van der Waals surface area contributed by atoms with Crippen LogP contribution in [0.25, 0.3) is 0 Å². The highest BCUT2D eigenvalue weighted by Crippen LogP contribution is 2.40. The van der Waals surface area contributed by atoms with Crippen molar-refractivity contribution in [2.45, 2.75) is 63.8 Å². The monoisotopic (exact) mass is 564 g/mol. The summed E-state index contributed by atoms with van der Waals surface area (Å²) in [6.07, 6.45) is 3.66. The maximum Gasteiger partial charge on any atom is 0.243 e. The van der Waals surface area contributed by atoms with Crippen molar-refractivity contribution in [3.8, 4) is 0 Å². The first-order chi connectivity index (χ1) is 19.1. The van der Waals surface area contributed by atoms with Crippen LogP contribution < -0.4 is 9.80 Å². The van der Waals surface area contributed by atoms with Gasteiger partial charge in [-0.2, -0.15) is 4.31 Å². The van der Waals surface area contributed by atoms with Crippen molar-refractivity contribution >= 4 is 33.2 Å². The molecule has 2 aromatic carbocycles. The molecule has 0 spiro atoms. The first kappa shape index (κ1) is 27.3. The zero-order valence-electron chi connectivity index (χ0n) is 23.8. The number of amides is 2. The van der Waals surface area contributed by atoms with Gasteiger partial charge < -0.3 is 14.7 Å². The molecule has 2 saturated heterocycles. The number of nitrogens with zero attached hydrogens (tertiary/aromatic N) is 4.